The van der Waals surface area contributed by atoms with Gasteiger partial charge in [-0.3, -0.25) is 9.89 Å². The van der Waals surface area contributed by atoms with Gasteiger partial charge in [-0.05, 0) is 11.4 Å². The van der Waals surface area contributed by atoms with E-state index in [9.17, 15) is 4.79 Å². The van der Waals surface area contributed by atoms with E-state index in [4.69, 9.17) is 0 Å². The number of nitrogens with zero attached hydrogens (tertiary/aromatic N) is 3. The van der Waals surface area contributed by atoms with Crippen LogP contribution < -0.4 is 5.32 Å². The van der Waals surface area contributed by atoms with Gasteiger partial charge in [0.2, 0.25) is 0 Å². The molecule has 0 saturated heterocycles. The third-order valence-corrected chi connectivity index (χ3v) is 4.19. The maximum absolute atomic E-state index is 11.9. The van der Waals surface area contributed by atoms with Gasteiger partial charge in [0.1, 0.15) is 22.9 Å². The quantitative estimate of drug-likeness (QED) is 0.755. The number of hydrogen-bond donors (Lipinski definition) is 2. The van der Waals surface area contributed by atoms with Crippen LogP contribution in [-0.4, -0.2) is 32.6 Å². The molecule has 0 aromatic carbocycles. The molecule has 102 valence electrons. The Morgan fingerprint density at radius 3 is 3.10 bits per heavy atom. The molecule has 0 unspecified atom stereocenters. The number of thiophene rings is 1. The summed E-state index contributed by atoms with van der Waals surface area (Å²) in [5, 5.41) is 16.0. The Balaban J connectivity index is 1.57. The number of nitrogens with one attached hydrogen (secondary N) is 2. The minimum absolute atomic E-state index is 0.165. The Bertz CT molecular complexity index is 675. The molecular weight excluding hydrogens is 294 g/mol. The van der Waals surface area contributed by atoms with E-state index in [1.54, 1.807) is 16.7 Å². The molecule has 0 aliphatic heterocycles. The fraction of sp³-hybridized carbons (Fsp3) is 0.167. The smallest absolute Gasteiger partial charge is 0.270 e. The zero-order valence-electron chi connectivity index (χ0n) is 10.4. The van der Waals surface area contributed by atoms with Crippen LogP contribution in [0.4, 0.5) is 0 Å². The van der Waals surface area contributed by atoms with Crippen LogP contribution in [0.2, 0.25) is 0 Å². The van der Waals surface area contributed by atoms with Gasteiger partial charge < -0.3 is 5.32 Å². The minimum atomic E-state index is -0.165. The van der Waals surface area contributed by atoms with Crippen LogP contribution in [0.5, 0.6) is 0 Å². The van der Waals surface area contributed by atoms with Gasteiger partial charge in [-0.2, -0.15) is 16.4 Å². The fourth-order valence-electron chi connectivity index (χ4n) is 1.63. The van der Waals surface area contributed by atoms with Gasteiger partial charge in [-0.25, -0.2) is 9.97 Å². The lowest BCUT2D eigenvalue weighted by atomic mass is 10.3. The van der Waals surface area contributed by atoms with E-state index in [-0.39, 0.29) is 5.91 Å². The number of aromatic amines is 1. The first-order chi connectivity index (χ1) is 9.83. The average Bonchev–Trinajstić information content (AvgIpc) is 3.20. The predicted molar refractivity (Wildman–Crippen MR) is 77.8 cm³/mol. The number of hydrogen-bond acceptors (Lipinski definition) is 6. The standard InChI is InChI=1S/C12H11N5OS2/c18-11(13-3-1-10-14-7-15-17-10)9-6-20-12(16-9)8-2-4-19-5-8/h2,4-7H,1,3H2,(H,13,18)(H,14,15,17). The molecule has 3 rings (SSSR count). The molecule has 2 N–H and O–H groups in total. The first-order valence-electron chi connectivity index (χ1n) is 5.93. The molecule has 0 saturated carbocycles. The van der Waals surface area contributed by atoms with Crippen LogP contribution >= 0.6 is 22.7 Å². The molecule has 20 heavy (non-hydrogen) atoms. The van der Waals surface area contributed by atoms with E-state index < -0.39 is 0 Å². The number of aromatic nitrogens is 4. The van der Waals surface area contributed by atoms with Crippen molar-refractivity contribution in [2.24, 2.45) is 0 Å². The summed E-state index contributed by atoms with van der Waals surface area (Å²) in [6.45, 7) is 0.499. The highest BCUT2D eigenvalue weighted by molar-refractivity contribution is 7.14. The lowest BCUT2D eigenvalue weighted by molar-refractivity contribution is 0.0950. The summed E-state index contributed by atoms with van der Waals surface area (Å²) < 4.78 is 0. The zero-order valence-corrected chi connectivity index (χ0v) is 12.0. The molecule has 0 radical (unpaired) electrons. The van der Waals surface area contributed by atoms with Crippen LogP contribution in [0.3, 0.4) is 0 Å². The second-order valence-corrected chi connectivity index (χ2v) is 5.63. The monoisotopic (exact) mass is 305 g/mol. The van der Waals surface area contributed by atoms with Crippen LogP contribution in [0.1, 0.15) is 16.3 Å². The molecule has 0 atom stereocenters. The second kappa shape index (κ2) is 5.93. The second-order valence-electron chi connectivity index (χ2n) is 3.99. The van der Waals surface area contributed by atoms with Gasteiger partial charge in [0.05, 0.1) is 0 Å². The molecule has 0 aliphatic carbocycles. The van der Waals surface area contributed by atoms with E-state index in [1.165, 1.54) is 17.7 Å². The number of amides is 1. The molecule has 0 bridgehead atoms. The summed E-state index contributed by atoms with van der Waals surface area (Å²) >= 11 is 3.09. The largest absolute Gasteiger partial charge is 0.350 e. The zero-order chi connectivity index (χ0) is 13.8. The van der Waals surface area contributed by atoms with Gasteiger partial charge in [-0.1, -0.05) is 0 Å². The third kappa shape index (κ3) is 2.91. The molecule has 6 nitrogen and oxygen atoms in total. The van der Waals surface area contributed by atoms with E-state index in [1.807, 2.05) is 16.8 Å². The number of H-pyrrole nitrogens is 1. The molecule has 3 aromatic rings. The average molecular weight is 305 g/mol. The maximum atomic E-state index is 11.9. The highest BCUT2D eigenvalue weighted by atomic mass is 32.1. The Labute approximate surface area is 122 Å². The highest BCUT2D eigenvalue weighted by Gasteiger charge is 2.11. The van der Waals surface area contributed by atoms with Gasteiger partial charge >= 0.3 is 0 Å². The summed E-state index contributed by atoms with van der Waals surface area (Å²) in [5.41, 5.74) is 1.51. The van der Waals surface area contributed by atoms with Crippen molar-refractivity contribution in [2.75, 3.05) is 6.54 Å². The summed E-state index contributed by atoms with van der Waals surface area (Å²) in [7, 11) is 0. The molecule has 0 fully saturated rings. The van der Waals surface area contributed by atoms with Gasteiger partial charge in [0.25, 0.3) is 5.91 Å². The first-order valence-corrected chi connectivity index (χ1v) is 7.76. The van der Waals surface area contributed by atoms with Crippen molar-refractivity contribution in [1.29, 1.82) is 0 Å². The summed E-state index contributed by atoms with van der Waals surface area (Å²) in [5.74, 6) is 0.588. The summed E-state index contributed by atoms with van der Waals surface area (Å²) in [4.78, 5) is 20.3. The first kappa shape index (κ1) is 12.9. The third-order valence-electron chi connectivity index (χ3n) is 2.62. The molecular formula is C12H11N5OS2. The Morgan fingerprint density at radius 2 is 2.35 bits per heavy atom. The van der Waals surface area contributed by atoms with Crippen molar-refractivity contribution >= 4 is 28.6 Å². The number of carbonyl (C=O) groups is 1. The van der Waals surface area contributed by atoms with Crippen LogP contribution in [0, 0.1) is 0 Å². The topological polar surface area (TPSA) is 83.6 Å². The Kier molecular flexibility index (Phi) is 3.84. The molecule has 3 heterocycles. The Morgan fingerprint density at radius 1 is 1.40 bits per heavy atom. The Hall–Kier alpha value is -2.06. The normalized spacial score (nSPS) is 10.6. The number of carbonyl (C=O) groups excluding carboxylic acids is 1. The predicted octanol–water partition coefficient (Wildman–Crippen LogP) is 1.96. The molecule has 0 spiro atoms. The molecule has 0 aliphatic rings. The van der Waals surface area contributed by atoms with E-state index in [0.717, 1.165) is 16.4 Å². The van der Waals surface area contributed by atoms with Crippen LogP contribution in [0.25, 0.3) is 10.6 Å². The van der Waals surface area contributed by atoms with Crippen LogP contribution in [0.15, 0.2) is 28.5 Å². The maximum Gasteiger partial charge on any atom is 0.270 e. The summed E-state index contributed by atoms with van der Waals surface area (Å²) in [6.07, 6.45) is 2.07. The molecule has 1 amide bonds. The minimum Gasteiger partial charge on any atom is -0.350 e. The van der Waals surface area contributed by atoms with E-state index >= 15 is 0 Å². The van der Waals surface area contributed by atoms with Crippen molar-refractivity contribution in [2.45, 2.75) is 6.42 Å². The summed E-state index contributed by atoms with van der Waals surface area (Å²) in [6, 6.07) is 2.00. The van der Waals surface area contributed by atoms with Crippen molar-refractivity contribution in [3.05, 3.63) is 40.1 Å². The van der Waals surface area contributed by atoms with Crippen molar-refractivity contribution in [1.82, 2.24) is 25.5 Å². The number of rotatable bonds is 5. The fourth-order valence-corrected chi connectivity index (χ4v) is 3.15. The van der Waals surface area contributed by atoms with E-state index in [0.29, 0.717) is 18.7 Å². The SMILES string of the molecule is O=C(NCCc1ncn[nH]1)c1csc(-c2ccsc2)n1. The lowest BCUT2D eigenvalue weighted by Gasteiger charge is -2.00. The van der Waals surface area contributed by atoms with E-state index in [2.05, 4.69) is 25.5 Å². The van der Waals surface area contributed by atoms with Crippen LogP contribution in [-0.2, 0) is 6.42 Å². The van der Waals surface area contributed by atoms with Gasteiger partial charge in [0, 0.05) is 29.3 Å². The number of thiazole rings is 1. The molecule has 3 aromatic heterocycles. The van der Waals surface area contributed by atoms with Crippen molar-refractivity contribution in [3.63, 3.8) is 0 Å². The highest BCUT2D eigenvalue weighted by Crippen LogP contribution is 2.25. The van der Waals surface area contributed by atoms with Crippen molar-refractivity contribution < 1.29 is 4.79 Å². The lowest BCUT2D eigenvalue weighted by Crippen LogP contribution is -2.26. The van der Waals surface area contributed by atoms with Crippen molar-refractivity contribution in [3.8, 4) is 10.6 Å². The van der Waals surface area contributed by atoms with Gasteiger partial charge in [-0.15, -0.1) is 11.3 Å². The van der Waals surface area contributed by atoms with Gasteiger partial charge in [0.15, 0.2) is 0 Å². The molecule has 8 heteroatoms.